The van der Waals surface area contributed by atoms with Crippen LogP contribution in [0.15, 0.2) is 35.0 Å². The van der Waals surface area contributed by atoms with E-state index in [-0.39, 0.29) is 11.9 Å². The van der Waals surface area contributed by atoms with Crippen LogP contribution in [0.2, 0.25) is 5.02 Å². The van der Waals surface area contributed by atoms with Gasteiger partial charge in [0.05, 0.1) is 0 Å². The number of nitrogens with two attached hydrogens (primary N) is 1. The number of halogens is 2. The third-order valence-electron chi connectivity index (χ3n) is 2.42. The highest BCUT2D eigenvalue weighted by Gasteiger charge is 2.11. The molecule has 1 nitrogen and oxygen atoms in total. The molecule has 0 aliphatic carbocycles. The lowest BCUT2D eigenvalue weighted by molar-refractivity contribution is 0.594. The van der Waals surface area contributed by atoms with Crippen LogP contribution in [-0.2, 0) is 6.42 Å². The SMILES string of the molecule is NC(Cc1cc(Cl)ccc1F)c1ccsc1. The van der Waals surface area contributed by atoms with Gasteiger partial charge in [-0.25, -0.2) is 4.39 Å². The monoisotopic (exact) mass is 255 g/mol. The second-order valence-electron chi connectivity index (χ2n) is 3.60. The van der Waals surface area contributed by atoms with Crippen LogP contribution >= 0.6 is 22.9 Å². The molecule has 2 rings (SSSR count). The minimum Gasteiger partial charge on any atom is -0.324 e. The molecule has 1 heterocycles. The van der Waals surface area contributed by atoms with E-state index in [4.69, 9.17) is 17.3 Å². The summed E-state index contributed by atoms with van der Waals surface area (Å²) in [5.74, 6) is -0.255. The van der Waals surface area contributed by atoms with E-state index < -0.39 is 0 Å². The number of rotatable bonds is 3. The lowest BCUT2D eigenvalue weighted by atomic mass is 10.0. The van der Waals surface area contributed by atoms with Gasteiger partial charge >= 0.3 is 0 Å². The molecule has 0 amide bonds. The molecule has 0 spiro atoms. The molecule has 0 aliphatic rings. The normalized spacial score (nSPS) is 12.7. The first-order chi connectivity index (χ1) is 7.66. The summed E-state index contributed by atoms with van der Waals surface area (Å²) < 4.78 is 13.5. The maximum atomic E-state index is 13.5. The van der Waals surface area contributed by atoms with Crippen molar-refractivity contribution in [1.82, 2.24) is 0 Å². The molecule has 0 bridgehead atoms. The van der Waals surface area contributed by atoms with Crippen molar-refractivity contribution >= 4 is 22.9 Å². The summed E-state index contributed by atoms with van der Waals surface area (Å²) >= 11 is 7.41. The van der Waals surface area contributed by atoms with E-state index >= 15 is 0 Å². The molecule has 2 N–H and O–H groups in total. The quantitative estimate of drug-likeness (QED) is 0.887. The van der Waals surface area contributed by atoms with E-state index in [9.17, 15) is 4.39 Å². The Bertz CT molecular complexity index is 470. The Morgan fingerprint density at radius 1 is 1.38 bits per heavy atom. The number of hydrogen-bond acceptors (Lipinski definition) is 2. The predicted octanol–water partition coefficient (Wildman–Crippen LogP) is 3.78. The first kappa shape index (κ1) is 11.6. The van der Waals surface area contributed by atoms with Crippen LogP contribution in [0, 0.1) is 5.82 Å². The van der Waals surface area contributed by atoms with Gasteiger partial charge in [0.25, 0.3) is 0 Å². The van der Waals surface area contributed by atoms with Crippen molar-refractivity contribution in [2.75, 3.05) is 0 Å². The van der Waals surface area contributed by atoms with Gasteiger partial charge in [-0.2, -0.15) is 11.3 Å². The first-order valence-corrected chi connectivity index (χ1v) is 6.20. The molecular formula is C12H11ClFNS. The first-order valence-electron chi connectivity index (χ1n) is 4.88. The fourth-order valence-electron chi connectivity index (χ4n) is 1.54. The van der Waals surface area contributed by atoms with E-state index in [0.717, 1.165) is 5.56 Å². The average Bonchev–Trinajstić information content (AvgIpc) is 2.76. The van der Waals surface area contributed by atoms with E-state index in [0.29, 0.717) is 17.0 Å². The highest BCUT2D eigenvalue weighted by molar-refractivity contribution is 7.07. The zero-order valence-corrected chi connectivity index (χ0v) is 10.1. The van der Waals surface area contributed by atoms with Gasteiger partial charge in [-0.15, -0.1) is 0 Å². The van der Waals surface area contributed by atoms with Crippen LogP contribution in [-0.4, -0.2) is 0 Å². The molecule has 2 aromatic rings. The summed E-state index contributed by atoms with van der Waals surface area (Å²) in [7, 11) is 0. The van der Waals surface area contributed by atoms with Crippen molar-refractivity contribution in [2.45, 2.75) is 12.5 Å². The Kier molecular flexibility index (Phi) is 3.59. The van der Waals surface area contributed by atoms with Gasteiger partial charge in [0.2, 0.25) is 0 Å². The molecule has 0 radical (unpaired) electrons. The Morgan fingerprint density at radius 2 is 2.19 bits per heavy atom. The largest absolute Gasteiger partial charge is 0.324 e. The van der Waals surface area contributed by atoms with Crippen molar-refractivity contribution in [3.05, 3.63) is 57.0 Å². The minimum atomic E-state index is -0.255. The molecule has 0 fully saturated rings. The van der Waals surface area contributed by atoms with Crippen molar-refractivity contribution in [2.24, 2.45) is 5.73 Å². The molecule has 0 saturated carbocycles. The Morgan fingerprint density at radius 3 is 2.88 bits per heavy atom. The van der Waals surface area contributed by atoms with Gasteiger partial charge in [-0.3, -0.25) is 0 Å². The maximum Gasteiger partial charge on any atom is 0.126 e. The Balaban J connectivity index is 2.17. The van der Waals surface area contributed by atoms with Crippen molar-refractivity contribution in [3.63, 3.8) is 0 Å². The van der Waals surface area contributed by atoms with Crippen molar-refractivity contribution < 1.29 is 4.39 Å². The summed E-state index contributed by atoms with van der Waals surface area (Å²) in [6.07, 6.45) is 0.461. The molecule has 1 aromatic heterocycles. The smallest absolute Gasteiger partial charge is 0.126 e. The maximum absolute atomic E-state index is 13.5. The molecule has 1 unspecified atom stereocenters. The van der Waals surface area contributed by atoms with Crippen LogP contribution < -0.4 is 5.73 Å². The number of hydrogen-bond donors (Lipinski definition) is 1. The molecule has 4 heteroatoms. The highest BCUT2D eigenvalue weighted by Crippen LogP contribution is 2.22. The Labute approximate surface area is 103 Å². The van der Waals surface area contributed by atoms with E-state index in [2.05, 4.69) is 0 Å². The molecular weight excluding hydrogens is 245 g/mol. The van der Waals surface area contributed by atoms with Crippen LogP contribution in [0.5, 0.6) is 0 Å². The van der Waals surface area contributed by atoms with E-state index in [1.807, 2.05) is 16.8 Å². The molecule has 1 aromatic carbocycles. The van der Waals surface area contributed by atoms with Gasteiger partial charge in [-0.05, 0) is 52.6 Å². The van der Waals surface area contributed by atoms with Crippen LogP contribution in [0.3, 0.4) is 0 Å². The second kappa shape index (κ2) is 4.95. The van der Waals surface area contributed by atoms with Gasteiger partial charge in [-0.1, -0.05) is 11.6 Å². The standard InChI is InChI=1S/C12H11ClFNS/c13-10-1-2-11(14)9(5-10)6-12(15)8-3-4-16-7-8/h1-5,7,12H,6,15H2. The van der Waals surface area contributed by atoms with E-state index in [1.165, 1.54) is 12.1 Å². The summed E-state index contributed by atoms with van der Waals surface area (Å²) in [5.41, 5.74) is 7.58. The van der Waals surface area contributed by atoms with Gasteiger partial charge in [0.1, 0.15) is 5.82 Å². The Hall–Kier alpha value is -0.900. The van der Waals surface area contributed by atoms with Gasteiger partial charge < -0.3 is 5.73 Å². The highest BCUT2D eigenvalue weighted by atomic mass is 35.5. The molecule has 0 aliphatic heterocycles. The third-order valence-corrected chi connectivity index (χ3v) is 3.36. The summed E-state index contributed by atoms with van der Waals surface area (Å²) in [6, 6.07) is 6.31. The molecule has 1 atom stereocenters. The fraction of sp³-hybridized carbons (Fsp3) is 0.167. The zero-order chi connectivity index (χ0) is 11.5. The van der Waals surface area contributed by atoms with E-state index in [1.54, 1.807) is 17.4 Å². The summed E-state index contributed by atoms with van der Waals surface area (Å²) in [4.78, 5) is 0. The lowest BCUT2D eigenvalue weighted by Gasteiger charge is -2.10. The zero-order valence-electron chi connectivity index (χ0n) is 8.49. The number of benzene rings is 1. The van der Waals surface area contributed by atoms with Crippen LogP contribution in [0.25, 0.3) is 0 Å². The van der Waals surface area contributed by atoms with Crippen LogP contribution in [0.4, 0.5) is 4.39 Å². The van der Waals surface area contributed by atoms with Crippen LogP contribution in [0.1, 0.15) is 17.2 Å². The van der Waals surface area contributed by atoms with Gasteiger partial charge in [0, 0.05) is 11.1 Å². The third kappa shape index (κ3) is 2.61. The van der Waals surface area contributed by atoms with Gasteiger partial charge in [0.15, 0.2) is 0 Å². The van der Waals surface area contributed by atoms with Crippen molar-refractivity contribution in [1.29, 1.82) is 0 Å². The molecule has 0 saturated heterocycles. The average molecular weight is 256 g/mol. The second-order valence-corrected chi connectivity index (χ2v) is 4.82. The topological polar surface area (TPSA) is 26.0 Å². The molecule has 16 heavy (non-hydrogen) atoms. The lowest BCUT2D eigenvalue weighted by Crippen LogP contribution is -2.13. The summed E-state index contributed by atoms with van der Waals surface area (Å²) in [6.45, 7) is 0. The van der Waals surface area contributed by atoms with Crippen molar-refractivity contribution in [3.8, 4) is 0 Å². The summed E-state index contributed by atoms with van der Waals surface area (Å²) in [5, 5.41) is 4.48. The minimum absolute atomic E-state index is 0.181. The predicted molar refractivity (Wildman–Crippen MR) is 66.4 cm³/mol. The molecule has 84 valence electrons. The number of thiophene rings is 1. The fourth-order valence-corrected chi connectivity index (χ4v) is 2.46.